The number of piperazine rings is 1. The normalized spacial score (nSPS) is 16.8. The Balaban J connectivity index is 1.13. The molecule has 1 aliphatic heterocycles. The highest BCUT2D eigenvalue weighted by molar-refractivity contribution is 6.03. The first-order valence-electron chi connectivity index (χ1n) is 14.2. The van der Waals surface area contributed by atoms with Gasteiger partial charge in [0.2, 0.25) is 0 Å². The Morgan fingerprint density at radius 1 is 0.976 bits per heavy atom. The minimum Gasteiger partial charge on any atom is -0.497 e. The lowest BCUT2D eigenvalue weighted by molar-refractivity contribution is 0.102. The predicted molar refractivity (Wildman–Crippen MR) is 167 cm³/mol. The molecule has 0 bridgehead atoms. The number of hydrogen-bond donors (Lipinski definition) is 3. The van der Waals surface area contributed by atoms with Gasteiger partial charge in [0, 0.05) is 60.5 Å². The summed E-state index contributed by atoms with van der Waals surface area (Å²) in [7, 11) is 1.67. The van der Waals surface area contributed by atoms with Crippen molar-refractivity contribution in [3.63, 3.8) is 0 Å². The number of nitrogens with zero attached hydrogens (tertiary/aromatic N) is 4. The fourth-order valence-corrected chi connectivity index (χ4v) is 5.44. The van der Waals surface area contributed by atoms with E-state index in [0.29, 0.717) is 30.0 Å². The zero-order valence-corrected chi connectivity index (χ0v) is 24.0. The van der Waals surface area contributed by atoms with Crippen LogP contribution in [0.15, 0.2) is 91.3 Å². The maximum atomic E-state index is 13.1. The van der Waals surface area contributed by atoms with Gasteiger partial charge in [-0.25, -0.2) is 9.50 Å². The summed E-state index contributed by atoms with van der Waals surface area (Å²) in [4.78, 5) is 20.2. The van der Waals surface area contributed by atoms with E-state index in [9.17, 15) is 4.79 Å². The molecule has 5 aromatic rings. The highest BCUT2D eigenvalue weighted by Gasteiger charge is 2.21. The monoisotopic (exact) mass is 561 g/mol. The first-order chi connectivity index (χ1) is 20.4. The zero-order chi connectivity index (χ0) is 29.1. The number of carbonyl (C=O) groups is 1. The SMILES string of the molecule is COc1cccc(CNc2ccc(-c3cnn4ccc(C(=O)Nc5ccc(N6C[C@@H](C)N[C@@H](C)C6)cc5)nc34)cc2)c1. The first kappa shape index (κ1) is 27.3. The Morgan fingerprint density at radius 3 is 2.45 bits per heavy atom. The number of methoxy groups -OCH3 is 1. The molecule has 0 radical (unpaired) electrons. The standard InChI is InChI=1S/C33H35N7O2/c1-22-20-39(21-23(2)36-22)28-13-11-27(12-14-28)37-33(41)31-15-16-40-32(38-31)30(19-35-40)25-7-9-26(10-8-25)34-18-24-5-4-6-29(17-24)42-3/h4-17,19,22-23,34,36H,18,20-21H2,1-3H3,(H,37,41)/t22-,23+. The predicted octanol–water partition coefficient (Wildman–Crippen LogP) is 5.46. The van der Waals surface area contributed by atoms with E-state index >= 15 is 0 Å². The van der Waals surface area contributed by atoms with E-state index in [1.54, 1.807) is 30.1 Å². The van der Waals surface area contributed by atoms with Crippen LogP contribution < -0.4 is 25.6 Å². The van der Waals surface area contributed by atoms with Crippen LogP contribution in [0.25, 0.3) is 16.8 Å². The minimum atomic E-state index is -0.265. The number of carbonyl (C=O) groups excluding carboxylic acids is 1. The van der Waals surface area contributed by atoms with Crippen molar-refractivity contribution in [3.05, 3.63) is 103 Å². The average Bonchev–Trinajstić information content (AvgIpc) is 3.44. The molecule has 2 atom stereocenters. The summed E-state index contributed by atoms with van der Waals surface area (Å²) < 4.78 is 7.00. The first-order valence-corrected chi connectivity index (χ1v) is 14.2. The van der Waals surface area contributed by atoms with Crippen molar-refractivity contribution in [2.75, 3.05) is 35.7 Å². The molecule has 1 fully saturated rings. The molecular formula is C33H35N7O2. The van der Waals surface area contributed by atoms with Crippen molar-refractivity contribution in [1.29, 1.82) is 0 Å². The maximum absolute atomic E-state index is 13.1. The van der Waals surface area contributed by atoms with E-state index in [-0.39, 0.29) is 5.91 Å². The van der Waals surface area contributed by atoms with Crippen LogP contribution in [0.2, 0.25) is 0 Å². The smallest absolute Gasteiger partial charge is 0.274 e. The number of aromatic nitrogens is 3. The number of nitrogens with one attached hydrogen (secondary N) is 3. The highest BCUT2D eigenvalue weighted by atomic mass is 16.5. The van der Waals surface area contributed by atoms with Crippen molar-refractivity contribution in [2.24, 2.45) is 0 Å². The van der Waals surface area contributed by atoms with Crippen LogP contribution in [0.4, 0.5) is 17.1 Å². The zero-order valence-electron chi connectivity index (χ0n) is 24.0. The number of benzene rings is 3. The van der Waals surface area contributed by atoms with Crippen molar-refractivity contribution >= 4 is 28.6 Å². The van der Waals surface area contributed by atoms with Crippen LogP contribution in [0.5, 0.6) is 5.75 Å². The van der Waals surface area contributed by atoms with Crippen LogP contribution in [0.3, 0.4) is 0 Å². The number of fused-ring (bicyclic) bond motifs is 1. The third kappa shape index (κ3) is 6.06. The van der Waals surface area contributed by atoms with Gasteiger partial charge in [-0.1, -0.05) is 24.3 Å². The molecule has 0 spiro atoms. The molecule has 3 heterocycles. The quantitative estimate of drug-likeness (QED) is 0.232. The number of rotatable bonds is 8. The van der Waals surface area contributed by atoms with Gasteiger partial charge in [-0.15, -0.1) is 0 Å². The summed E-state index contributed by atoms with van der Waals surface area (Å²) in [5, 5.41) is 14.4. The number of ether oxygens (including phenoxy) is 1. The summed E-state index contributed by atoms with van der Waals surface area (Å²) in [5.41, 5.74) is 6.79. The largest absolute Gasteiger partial charge is 0.497 e. The lowest BCUT2D eigenvalue weighted by Crippen LogP contribution is -2.54. The van der Waals surface area contributed by atoms with Crippen molar-refractivity contribution < 1.29 is 9.53 Å². The molecule has 42 heavy (non-hydrogen) atoms. The van der Waals surface area contributed by atoms with Crippen LogP contribution in [-0.4, -0.2) is 52.8 Å². The summed E-state index contributed by atoms with van der Waals surface area (Å²) in [5.74, 6) is 0.574. The molecule has 2 aromatic heterocycles. The van der Waals surface area contributed by atoms with E-state index in [1.807, 2.05) is 54.6 Å². The molecule has 9 heteroatoms. The minimum absolute atomic E-state index is 0.265. The average molecular weight is 562 g/mol. The van der Waals surface area contributed by atoms with Crippen molar-refractivity contribution in [2.45, 2.75) is 32.5 Å². The van der Waals surface area contributed by atoms with Crippen LogP contribution >= 0.6 is 0 Å². The molecule has 214 valence electrons. The molecular weight excluding hydrogens is 526 g/mol. The van der Waals surface area contributed by atoms with Gasteiger partial charge < -0.3 is 25.6 Å². The molecule has 6 rings (SSSR count). The van der Waals surface area contributed by atoms with Crippen LogP contribution in [-0.2, 0) is 6.54 Å². The maximum Gasteiger partial charge on any atom is 0.274 e. The molecule has 9 nitrogen and oxygen atoms in total. The third-order valence-corrected chi connectivity index (χ3v) is 7.48. The van der Waals surface area contributed by atoms with E-state index in [2.05, 4.69) is 63.0 Å². The number of anilines is 3. The molecule has 3 N–H and O–H groups in total. The van der Waals surface area contributed by atoms with Gasteiger partial charge >= 0.3 is 0 Å². The lowest BCUT2D eigenvalue weighted by Gasteiger charge is -2.37. The lowest BCUT2D eigenvalue weighted by atomic mass is 10.1. The Bertz CT molecular complexity index is 1670. The highest BCUT2D eigenvalue weighted by Crippen LogP contribution is 2.26. The van der Waals surface area contributed by atoms with Crippen LogP contribution in [0, 0.1) is 0 Å². The Hall–Kier alpha value is -4.89. The van der Waals surface area contributed by atoms with Gasteiger partial charge in [0.25, 0.3) is 5.91 Å². The fraction of sp³-hybridized carbons (Fsp3) is 0.242. The van der Waals surface area contributed by atoms with Crippen molar-refractivity contribution in [3.8, 4) is 16.9 Å². The molecule has 0 aliphatic carbocycles. The third-order valence-electron chi connectivity index (χ3n) is 7.48. The van der Waals surface area contributed by atoms with E-state index < -0.39 is 0 Å². The fourth-order valence-electron chi connectivity index (χ4n) is 5.44. The van der Waals surface area contributed by atoms with E-state index in [0.717, 1.165) is 52.6 Å². The molecule has 1 aliphatic rings. The Morgan fingerprint density at radius 2 is 1.71 bits per heavy atom. The van der Waals surface area contributed by atoms with Crippen molar-refractivity contribution in [1.82, 2.24) is 19.9 Å². The van der Waals surface area contributed by atoms with Gasteiger partial charge in [-0.05, 0) is 79.6 Å². The molecule has 1 saturated heterocycles. The summed E-state index contributed by atoms with van der Waals surface area (Å²) in [6.45, 7) is 6.99. The number of amides is 1. The number of hydrogen-bond acceptors (Lipinski definition) is 7. The second kappa shape index (κ2) is 11.9. The van der Waals surface area contributed by atoms with E-state index in [1.165, 1.54) is 0 Å². The molecule has 0 saturated carbocycles. The van der Waals surface area contributed by atoms with Gasteiger partial charge in [0.1, 0.15) is 11.4 Å². The second-order valence-corrected chi connectivity index (χ2v) is 10.8. The summed E-state index contributed by atoms with van der Waals surface area (Å²) in [6.07, 6.45) is 3.54. The van der Waals surface area contributed by atoms with Crippen LogP contribution in [0.1, 0.15) is 29.9 Å². The Kier molecular flexibility index (Phi) is 7.74. The molecule has 3 aromatic carbocycles. The summed E-state index contributed by atoms with van der Waals surface area (Å²) in [6, 6.07) is 26.7. The van der Waals surface area contributed by atoms with Gasteiger partial charge in [-0.3, -0.25) is 4.79 Å². The van der Waals surface area contributed by atoms with Gasteiger partial charge in [0.05, 0.1) is 13.3 Å². The van der Waals surface area contributed by atoms with E-state index in [4.69, 9.17) is 4.74 Å². The Labute approximate surface area is 245 Å². The summed E-state index contributed by atoms with van der Waals surface area (Å²) >= 11 is 0. The topological polar surface area (TPSA) is 95.8 Å². The second-order valence-electron chi connectivity index (χ2n) is 10.8. The van der Waals surface area contributed by atoms with Gasteiger partial charge in [0.15, 0.2) is 5.65 Å². The van der Waals surface area contributed by atoms with Gasteiger partial charge in [-0.2, -0.15) is 5.10 Å². The molecule has 0 unspecified atom stereocenters. The molecule has 1 amide bonds.